The van der Waals surface area contributed by atoms with Crippen molar-refractivity contribution in [2.75, 3.05) is 19.6 Å². The predicted molar refractivity (Wildman–Crippen MR) is 71.8 cm³/mol. The summed E-state index contributed by atoms with van der Waals surface area (Å²) < 4.78 is 0. The summed E-state index contributed by atoms with van der Waals surface area (Å²) in [7, 11) is 0. The molecule has 1 atom stereocenters. The van der Waals surface area contributed by atoms with E-state index >= 15 is 0 Å². The van der Waals surface area contributed by atoms with E-state index in [4.69, 9.17) is 0 Å². The van der Waals surface area contributed by atoms with Crippen molar-refractivity contribution >= 4 is 0 Å². The van der Waals surface area contributed by atoms with E-state index in [1.54, 1.807) is 0 Å². The molecule has 2 heteroatoms. The molecule has 0 spiro atoms. The van der Waals surface area contributed by atoms with Gasteiger partial charge < -0.3 is 10.0 Å². The first-order chi connectivity index (χ1) is 7.74. The first-order valence-electron chi connectivity index (χ1n) is 7.14. The molecular weight excluding hydrogens is 198 g/mol. The molecule has 0 aliphatic heterocycles. The van der Waals surface area contributed by atoms with Crippen LogP contribution in [0.2, 0.25) is 0 Å². The highest BCUT2D eigenvalue weighted by atomic mass is 16.3. The molecule has 0 aromatic carbocycles. The van der Waals surface area contributed by atoms with Gasteiger partial charge in [0.25, 0.3) is 0 Å². The largest absolute Gasteiger partial charge is 0.393 e. The standard InChI is InChI=1S/C14H31NO/c1-4-7-8-9-10-11-14(16)12-13-15(5-2)6-3/h14,16H,4-13H2,1-3H3. The molecule has 0 saturated carbocycles. The Kier molecular flexibility index (Phi) is 11.3. The molecule has 2 nitrogen and oxygen atoms in total. The van der Waals surface area contributed by atoms with E-state index in [9.17, 15) is 5.11 Å². The van der Waals surface area contributed by atoms with Crippen LogP contribution in [0.4, 0.5) is 0 Å². The van der Waals surface area contributed by atoms with Gasteiger partial charge >= 0.3 is 0 Å². The summed E-state index contributed by atoms with van der Waals surface area (Å²) >= 11 is 0. The molecule has 0 fully saturated rings. The van der Waals surface area contributed by atoms with Crippen LogP contribution in [0.25, 0.3) is 0 Å². The van der Waals surface area contributed by atoms with Gasteiger partial charge in [0.1, 0.15) is 0 Å². The zero-order valence-corrected chi connectivity index (χ0v) is 11.5. The summed E-state index contributed by atoms with van der Waals surface area (Å²) in [6, 6.07) is 0. The second-order valence-electron chi connectivity index (χ2n) is 4.67. The zero-order valence-electron chi connectivity index (χ0n) is 11.5. The van der Waals surface area contributed by atoms with Gasteiger partial charge in [-0.3, -0.25) is 0 Å². The minimum atomic E-state index is -0.0813. The van der Waals surface area contributed by atoms with Crippen molar-refractivity contribution in [1.29, 1.82) is 0 Å². The molecule has 0 aromatic rings. The van der Waals surface area contributed by atoms with Gasteiger partial charge in [-0.2, -0.15) is 0 Å². The molecule has 0 aliphatic rings. The Morgan fingerprint density at radius 3 is 2.06 bits per heavy atom. The maximum atomic E-state index is 9.82. The van der Waals surface area contributed by atoms with Crippen LogP contribution in [0.15, 0.2) is 0 Å². The Morgan fingerprint density at radius 1 is 0.875 bits per heavy atom. The van der Waals surface area contributed by atoms with Crippen LogP contribution in [0.1, 0.15) is 65.7 Å². The second kappa shape index (κ2) is 11.4. The lowest BCUT2D eigenvalue weighted by atomic mass is 10.1. The summed E-state index contributed by atoms with van der Waals surface area (Å²) in [5.41, 5.74) is 0. The van der Waals surface area contributed by atoms with Crippen molar-refractivity contribution in [3.05, 3.63) is 0 Å². The van der Waals surface area contributed by atoms with Gasteiger partial charge in [-0.1, -0.05) is 52.9 Å². The van der Waals surface area contributed by atoms with Gasteiger partial charge in [0, 0.05) is 6.54 Å². The van der Waals surface area contributed by atoms with E-state index in [2.05, 4.69) is 25.7 Å². The third-order valence-electron chi connectivity index (χ3n) is 3.31. The fourth-order valence-electron chi connectivity index (χ4n) is 2.00. The zero-order chi connectivity index (χ0) is 12.2. The SMILES string of the molecule is CCCCCCCC(O)CCN(CC)CC. The molecule has 1 N–H and O–H groups in total. The van der Waals surface area contributed by atoms with Gasteiger partial charge in [-0.15, -0.1) is 0 Å². The predicted octanol–water partition coefficient (Wildman–Crippen LogP) is 3.44. The number of aliphatic hydroxyl groups is 1. The Morgan fingerprint density at radius 2 is 1.50 bits per heavy atom. The lowest BCUT2D eigenvalue weighted by Crippen LogP contribution is -2.26. The minimum Gasteiger partial charge on any atom is -0.393 e. The lowest BCUT2D eigenvalue weighted by Gasteiger charge is -2.19. The third kappa shape index (κ3) is 9.17. The first-order valence-corrected chi connectivity index (χ1v) is 7.14. The fraction of sp³-hybridized carbons (Fsp3) is 1.00. The number of unbranched alkanes of at least 4 members (excludes halogenated alkanes) is 4. The van der Waals surface area contributed by atoms with Crippen LogP contribution >= 0.6 is 0 Å². The maximum Gasteiger partial charge on any atom is 0.0552 e. The van der Waals surface area contributed by atoms with E-state index in [-0.39, 0.29) is 6.10 Å². The molecule has 0 saturated heterocycles. The van der Waals surface area contributed by atoms with E-state index < -0.39 is 0 Å². The Balaban J connectivity index is 3.33. The Bertz CT molecular complexity index is 135. The van der Waals surface area contributed by atoms with Gasteiger partial charge in [-0.25, -0.2) is 0 Å². The fourth-order valence-corrected chi connectivity index (χ4v) is 2.00. The number of rotatable bonds is 11. The maximum absolute atomic E-state index is 9.82. The van der Waals surface area contributed by atoms with Gasteiger partial charge in [0.2, 0.25) is 0 Å². The average molecular weight is 229 g/mol. The molecule has 0 aliphatic carbocycles. The molecule has 0 bridgehead atoms. The quantitative estimate of drug-likeness (QED) is 0.549. The van der Waals surface area contributed by atoms with Crippen LogP contribution in [0.5, 0.6) is 0 Å². The van der Waals surface area contributed by atoms with Crippen LogP contribution < -0.4 is 0 Å². The summed E-state index contributed by atoms with van der Waals surface area (Å²) in [5.74, 6) is 0. The average Bonchev–Trinajstić information content (AvgIpc) is 2.30. The molecule has 98 valence electrons. The Labute approximate surface area is 102 Å². The van der Waals surface area contributed by atoms with E-state index in [0.29, 0.717) is 0 Å². The van der Waals surface area contributed by atoms with Crippen LogP contribution in [0.3, 0.4) is 0 Å². The van der Waals surface area contributed by atoms with Crippen LogP contribution in [0, 0.1) is 0 Å². The summed E-state index contributed by atoms with van der Waals surface area (Å²) in [4.78, 5) is 2.38. The van der Waals surface area contributed by atoms with E-state index in [1.165, 1.54) is 32.1 Å². The van der Waals surface area contributed by atoms with Crippen LogP contribution in [-0.4, -0.2) is 35.7 Å². The van der Waals surface area contributed by atoms with Gasteiger partial charge in [0.15, 0.2) is 0 Å². The third-order valence-corrected chi connectivity index (χ3v) is 3.31. The van der Waals surface area contributed by atoms with Crippen molar-refractivity contribution in [3.63, 3.8) is 0 Å². The normalized spacial score (nSPS) is 13.3. The van der Waals surface area contributed by atoms with Crippen molar-refractivity contribution in [1.82, 2.24) is 4.90 Å². The monoisotopic (exact) mass is 229 g/mol. The molecule has 16 heavy (non-hydrogen) atoms. The molecule has 0 radical (unpaired) electrons. The van der Waals surface area contributed by atoms with Gasteiger partial charge in [-0.05, 0) is 25.9 Å². The molecule has 0 aromatic heterocycles. The molecule has 0 heterocycles. The molecule has 0 rings (SSSR count). The number of nitrogens with zero attached hydrogens (tertiary/aromatic N) is 1. The van der Waals surface area contributed by atoms with Crippen molar-refractivity contribution in [2.24, 2.45) is 0 Å². The van der Waals surface area contributed by atoms with Crippen molar-refractivity contribution in [2.45, 2.75) is 71.8 Å². The highest BCUT2D eigenvalue weighted by Gasteiger charge is 2.06. The molecule has 1 unspecified atom stereocenters. The summed E-state index contributed by atoms with van der Waals surface area (Å²) in [5, 5.41) is 9.82. The smallest absolute Gasteiger partial charge is 0.0552 e. The Hall–Kier alpha value is -0.0800. The summed E-state index contributed by atoms with van der Waals surface area (Å²) in [6.07, 6.45) is 8.30. The van der Waals surface area contributed by atoms with Crippen LogP contribution in [-0.2, 0) is 0 Å². The minimum absolute atomic E-state index is 0.0813. The number of aliphatic hydroxyl groups excluding tert-OH is 1. The second-order valence-corrected chi connectivity index (χ2v) is 4.67. The molecule has 0 amide bonds. The lowest BCUT2D eigenvalue weighted by molar-refractivity contribution is 0.132. The topological polar surface area (TPSA) is 23.5 Å². The highest BCUT2D eigenvalue weighted by molar-refractivity contribution is 4.60. The highest BCUT2D eigenvalue weighted by Crippen LogP contribution is 2.09. The number of hydrogen-bond acceptors (Lipinski definition) is 2. The summed E-state index contributed by atoms with van der Waals surface area (Å²) in [6.45, 7) is 9.84. The number of hydrogen-bond donors (Lipinski definition) is 1. The van der Waals surface area contributed by atoms with E-state index in [1.807, 2.05) is 0 Å². The first kappa shape index (κ1) is 15.9. The van der Waals surface area contributed by atoms with Gasteiger partial charge in [0.05, 0.1) is 6.10 Å². The van der Waals surface area contributed by atoms with E-state index in [0.717, 1.165) is 32.5 Å². The van der Waals surface area contributed by atoms with Crippen molar-refractivity contribution in [3.8, 4) is 0 Å². The van der Waals surface area contributed by atoms with Crippen molar-refractivity contribution < 1.29 is 5.11 Å². The molecular formula is C14H31NO.